The molecule has 0 radical (unpaired) electrons. The molecule has 0 fully saturated rings. The Kier molecular flexibility index (Phi) is 4.75. The number of nitrogens with zero attached hydrogens (tertiary/aromatic N) is 1. The molecule has 1 N–H and O–H groups in total. The van der Waals surface area contributed by atoms with Gasteiger partial charge < -0.3 is 5.32 Å². The predicted molar refractivity (Wildman–Crippen MR) is 81.2 cm³/mol. The maximum atomic E-state index is 13.8. The van der Waals surface area contributed by atoms with Gasteiger partial charge in [0, 0.05) is 17.3 Å². The van der Waals surface area contributed by atoms with Crippen LogP contribution < -0.4 is 5.32 Å². The quantitative estimate of drug-likeness (QED) is 0.628. The molecule has 0 amide bonds. The molecule has 0 bridgehead atoms. The van der Waals surface area contributed by atoms with Gasteiger partial charge >= 0.3 is 0 Å². The number of hydrogen-bond donors (Lipinski definition) is 1. The van der Waals surface area contributed by atoms with Crippen molar-refractivity contribution in [3.8, 4) is 0 Å². The van der Waals surface area contributed by atoms with Crippen LogP contribution in [0.15, 0.2) is 42.5 Å². The molecule has 21 heavy (non-hydrogen) atoms. The highest BCUT2D eigenvalue weighted by atomic mass is 35.5. The summed E-state index contributed by atoms with van der Waals surface area (Å²) in [6.07, 6.45) is 0.636. The first kappa shape index (κ1) is 15.3. The predicted octanol–water partition coefficient (Wildman–Crippen LogP) is 4.95. The van der Waals surface area contributed by atoms with Crippen LogP contribution in [0.25, 0.3) is 0 Å². The third kappa shape index (κ3) is 3.49. The molecule has 1 unspecified atom stereocenters. The van der Waals surface area contributed by atoms with E-state index in [1.807, 2.05) is 6.92 Å². The molecule has 0 aliphatic carbocycles. The van der Waals surface area contributed by atoms with Gasteiger partial charge in [-0.3, -0.25) is 10.1 Å². The largest absolute Gasteiger partial charge is 0.378 e. The summed E-state index contributed by atoms with van der Waals surface area (Å²) in [7, 11) is 0. The van der Waals surface area contributed by atoms with Crippen molar-refractivity contribution in [1.29, 1.82) is 0 Å². The van der Waals surface area contributed by atoms with Crippen molar-refractivity contribution in [1.82, 2.24) is 0 Å². The van der Waals surface area contributed by atoms with Crippen LogP contribution in [0.5, 0.6) is 0 Å². The van der Waals surface area contributed by atoms with Gasteiger partial charge in [-0.25, -0.2) is 4.39 Å². The van der Waals surface area contributed by atoms with E-state index in [1.165, 1.54) is 18.2 Å². The maximum Gasteiger partial charge on any atom is 0.289 e. The minimum absolute atomic E-state index is 0.0736. The minimum atomic E-state index is -0.544. The third-order valence-corrected chi connectivity index (χ3v) is 3.49. The van der Waals surface area contributed by atoms with Gasteiger partial charge in [0.2, 0.25) is 0 Å². The van der Waals surface area contributed by atoms with E-state index in [9.17, 15) is 14.5 Å². The van der Waals surface area contributed by atoms with Gasteiger partial charge in [0.15, 0.2) is 0 Å². The Labute approximate surface area is 126 Å². The SMILES string of the molecule is CCC(Nc1ccc(Cl)c([N+](=O)[O-])c1)c1ccccc1F. The summed E-state index contributed by atoms with van der Waals surface area (Å²) in [5.74, 6) is -0.305. The van der Waals surface area contributed by atoms with Gasteiger partial charge in [-0.2, -0.15) is 0 Å². The Morgan fingerprint density at radius 1 is 1.33 bits per heavy atom. The molecule has 1 atom stereocenters. The summed E-state index contributed by atoms with van der Waals surface area (Å²) in [4.78, 5) is 10.3. The highest BCUT2D eigenvalue weighted by Gasteiger charge is 2.17. The second-order valence-electron chi connectivity index (χ2n) is 4.55. The highest BCUT2D eigenvalue weighted by Crippen LogP contribution is 2.30. The molecule has 2 aromatic rings. The van der Waals surface area contributed by atoms with E-state index in [-0.39, 0.29) is 22.6 Å². The Bertz CT molecular complexity index is 664. The van der Waals surface area contributed by atoms with Crippen LogP contribution in [0.4, 0.5) is 15.8 Å². The molecule has 0 aliphatic heterocycles. The average Bonchev–Trinajstić information content (AvgIpc) is 2.47. The van der Waals surface area contributed by atoms with Crippen LogP contribution in [0.3, 0.4) is 0 Å². The lowest BCUT2D eigenvalue weighted by Gasteiger charge is -2.19. The first-order chi connectivity index (χ1) is 10.0. The van der Waals surface area contributed by atoms with E-state index in [4.69, 9.17) is 11.6 Å². The van der Waals surface area contributed by atoms with Gasteiger partial charge in [-0.1, -0.05) is 36.7 Å². The lowest BCUT2D eigenvalue weighted by Crippen LogP contribution is -2.11. The van der Waals surface area contributed by atoms with Gasteiger partial charge in [-0.05, 0) is 24.6 Å². The van der Waals surface area contributed by atoms with Crippen LogP contribution in [0, 0.1) is 15.9 Å². The first-order valence-corrected chi connectivity index (χ1v) is 6.85. The van der Waals surface area contributed by atoms with Gasteiger partial charge in [-0.15, -0.1) is 0 Å². The standard InChI is InChI=1S/C15H14ClFN2O2/c1-2-14(11-5-3-4-6-13(11)17)18-10-7-8-12(16)15(9-10)19(20)21/h3-9,14,18H,2H2,1H3. The van der Waals surface area contributed by atoms with Crippen molar-refractivity contribution in [2.45, 2.75) is 19.4 Å². The van der Waals surface area contributed by atoms with Crippen LogP contribution in [0.2, 0.25) is 5.02 Å². The topological polar surface area (TPSA) is 55.2 Å². The maximum absolute atomic E-state index is 13.8. The zero-order chi connectivity index (χ0) is 15.4. The second kappa shape index (κ2) is 6.54. The molecule has 0 aromatic heterocycles. The average molecular weight is 309 g/mol. The molecule has 2 rings (SSSR count). The summed E-state index contributed by atoms with van der Waals surface area (Å²) in [6, 6.07) is 10.6. The fourth-order valence-corrected chi connectivity index (χ4v) is 2.29. The van der Waals surface area contributed by atoms with Crippen LogP contribution in [-0.4, -0.2) is 4.92 Å². The molecular weight excluding hydrogens is 295 g/mol. The van der Waals surface area contributed by atoms with Crippen molar-refractivity contribution in [3.63, 3.8) is 0 Å². The zero-order valence-corrected chi connectivity index (χ0v) is 12.1. The zero-order valence-electron chi connectivity index (χ0n) is 11.3. The second-order valence-corrected chi connectivity index (χ2v) is 4.96. The van der Waals surface area contributed by atoms with Gasteiger partial charge in [0.25, 0.3) is 5.69 Å². The van der Waals surface area contributed by atoms with Crippen LogP contribution >= 0.6 is 11.6 Å². The molecule has 0 heterocycles. The number of nitrogens with one attached hydrogen (secondary N) is 1. The Balaban J connectivity index is 2.29. The number of nitro benzene ring substituents is 1. The van der Waals surface area contributed by atoms with E-state index >= 15 is 0 Å². The van der Waals surface area contributed by atoms with Crippen molar-refractivity contribution in [2.75, 3.05) is 5.32 Å². The summed E-state index contributed by atoms with van der Waals surface area (Å²) >= 11 is 5.77. The van der Waals surface area contributed by atoms with E-state index in [1.54, 1.807) is 24.3 Å². The smallest absolute Gasteiger partial charge is 0.289 e. The monoisotopic (exact) mass is 308 g/mol. The molecule has 0 saturated heterocycles. The number of halogens is 2. The lowest BCUT2D eigenvalue weighted by molar-refractivity contribution is -0.384. The number of benzene rings is 2. The number of rotatable bonds is 5. The fraction of sp³-hybridized carbons (Fsp3) is 0.200. The molecule has 2 aromatic carbocycles. The van der Waals surface area contributed by atoms with Crippen molar-refractivity contribution in [3.05, 3.63) is 69.0 Å². The first-order valence-electron chi connectivity index (χ1n) is 6.47. The number of anilines is 1. The van der Waals surface area contributed by atoms with Crippen molar-refractivity contribution in [2.24, 2.45) is 0 Å². The Morgan fingerprint density at radius 3 is 2.67 bits per heavy atom. The molecule has 110 valence electrons. The molecule has 6 heteroatoms. The van der Waals surface area contributed by atoms with Crippen molar-refractivity contribution < 1.29 is 9.31 Å². The Morgan fingerprint density at radius 2 is 2.05 bits per heavy atom. The van der Waals surface area contributed by atoms with E-state index in [2.05, 4.69) is 5.32 Å². The number of nitro groups is 1. The summed E-state index contributed by atoms with van der Waals surface area (Å²) < 4.78 is 13.8. The van der Waals surface area contributed by atoms with Gasteiger partial charge in [0.1, 0.15) is 10.8 Å². The summed E-state index contributed by atoms with van der Waals surface area (Å²) in [6.45, 7) is 1.91. The summed E-state index contributed by atoms with van der Waals surface area (Å²) in [5, 5.41) is 14.1. The molecule has 0 spiro atoms. The van der Waals surface area contributed by atoms with Crippen LogP contribution in [-0.2, 0) is 0 Å². The summed E-state index contributed by atoms with van der Waals surface area (Å²) in [5.41, 5.74) is 0.879. The number of hydrogen-bond acceptors (Lipinski definition) is 3. The molecule has 0 saturated carbocycles. The van der Waals surface area contributed by atoms with Crippen molar-refractivity contribution >= 4 is 23.0 Å². The molecule has 4 nitrogen and oxygen atoms in total. The fourth-order valence-electron chi connectivity index (χ4n) is 2.10. The lowest BCUT2D eigenvalue weighted by atomic mass is 10.0. The normalized spacial score (nSPS) is 12.0. The Hall–Kier alpha value is -2.14. The minimum Gasteiger partial charge on any atom is -0.378 e. The van der Waals surface area contributed by atoms with E-state index in [0.29, 0.717) is 17.7 Å². The van der Waals surface area contributed by atoms with Crippen LogP contribution in [0.1, 0.15) is 24.9 Å². The highest BCUT2D eigenvalue weighted by molar-refractivity contribution is 6.32. The third-order valence-electron chi connectivity index (χ3n) is 3.17. The van der Waals surface area contributed by atoms with Gasteiger partial charge in [0.05, 0.1) is 11.0 Å². The molecular formula is C15H14ClFN2O2. The molecule has 0 aliphatic rings. The van der Waals surface area contributed by atoms with E-state index in [0.717, 1.165) is 0 Å². The van der Waals surface area contributed by atoms with E-state index < -0.39 is 4.92 Å².